The fourth-order valence-corrected chi connectivity index (χ4v) is 1.39. The van der Waals surface area contributed by atoms with Gasteiger partial charge in [0.15, 0.2) is 5.82 Å². The van der Waals surface area contributed by atoms with E-state index in [9.17, 15) is 0 Å². The van der Waals surface area contributed by atoms with Crippen molar-refractivity contribution in [1.29, 1.82) is 0 Å². The maximum atomic E-state index is 5.91. The fourth-order valence-electron chi connectivity index (χ4n) is 1.29. The maximum Gasteiger partial charge on any atom is 0.232 e. The molecule has 0 amide bonds. The Labute approximate surface area is 104 Å². The van der Waals surface area contributed by atoms with Crippen molar-refractivity contribution in [3.63, 3.8) is 0 Å². The molecular weight excluding hydrogens is 238 g/mol. The average molecular weight is 250 g/mol. The van der Waals surface area contributed by atoms with Crippen LogP contribution in [0.25, 0.3) is 0 Å². The van der Waals surface area contributed by atoms with Crippen molar-refractivity contribution in [2.45, 2.75) is 12.3 Å². The Morgan fingerprint density at radius 3 is 2.53 bits per heavy atom. The summed E-state index contributed by atoms with van der Waals surface area (Å²) in [5.41, 5.74) is 6.47. The number of para-hydroxylation sites is 1. The molecular formula is C11H12ClN5. The van der Waals surface area contributed by atoms with Crippen LogP contribution < -0.4 is 11.1 Å². The lowest BCUT2D eigenvalue weighted by Gasteiger charge is -2.07. The smallest absolute Gasteiger partial charge is 0.232 e. The predicted octanol–water partition coefficient (Wildman–Crippen LogP) is 2.50. The summed E-state index contributed by atoms with van der Waals surface area (Å²) >= 11 is 5.91. The summed E-state index contributed by atoms with van der Waals surface area (Å²) in [6.07, 6.45) is 0. The van der Waals surface area contributed by atoms with Gasteiger partial charge in [0.05, 0.1) is 5.38 Å². The Kier molecular flexibility index (Phi) is 3.39. The van der Waals surface area contributed by atoms with E-state index in [1.807, 2.05) is 30.3 Å². The lowest BCUT2D eigenvalue weighted by molar-refractivity contribution is 0.889. The predicted molar refractivity (Wildman–Crippen MR) is 68.2 cm³/mol. The van der Waals surface area contributed by atoms with E-state index in [0.29, 0.717) is 11.8 Å². The Hall–Kier alpha value is -1.88. The van der Waals surface area contributed by atoms with Gasteiger partial charge in [0.2, 0.25) is 11.9 Å². The molecule has 88 valence electrons. The van der Waals surface area contributed by atoms with Crippen LogP contribution in [0.5, 0.6) is 0 Å². The van der Waals surface area contributed by atoms with Gasteiger partial charge in [0.1, 0.15) is 0 Å². The van der Waals surface area contributed by atoms with Gasteiger partial charge < -0.3 is 11.1 Å². The molecule has 0 fully saturated rings. The molecule has 0 spiro atoms. The van der Waals surface area contributed by atoms with E-state index < -0.39 is 0 Å². The molecule has 1 aromatic heterocycles. The van der Waals surface area contributed by atoms with Crippen LogP contribution in [-0.4, -0.2) is 15.0 Å². The molecule has 17 heavy (non-hydrogen) atoms. The fraction of sp³-hybridized carbons (Fsp3) is 0.182. The highest BCUT2D eigenvalue weighted by Crippen LogP contribution is 2.18. The highest BCUT2D eigenvalue weighted by Gasteiger charge is 2.09. The number of nitrogens with one attached hydrogen (secondary N) is 1. The second kappa shape index (κ2) is 4.97. The standard InChI is InChI=1S/C11H12ClN5/c1-7(12)9-15-10(13)17-11(16-9)14-8-5-3-2-4-6-8/h2-7H,1H3,(H3,13,14,15,16,17)/t7-/m1/s1. The number of rotatable bonds is 3. The molecule has 2 aromatic rings. The first-order chi connectivity index (χ1) is 8.15. The van der Waals surface area contributed by atoms with Gasteiger partial charge in [-0.3, -0.25) is 0 Å². The summed E-state index contributed by atoms with van der Waals surface area (Å²) in [5, 5.41) is 2.73. The van der Waals surface area contributed by atoms with Crippen molar-refractivity contribution in [2.24, 2.45) is 0 Å². The van der Waals surface area contributed by atoms with Gasteiger partial charge in [-0.15, -0.1) is 11.6 Å². The maximum absolute atomic E-state index is 5.91. The van der Waals surface area contributed by atoms with Crippen molar-refractivity contribution in [3.05, 3.63) is 36.2 Å². The molecule has 0 unspecified atom stereocenters. The summed E-state index contributed by atoms with van der Waals surface area (Å²) in [5.74, 6) is 1.00. The number of hydrogen-bond acceptors (Lipinski definition) is 5. The molecule has 0 aliphatic heterocycles. The van der Waals surface area contributed by atoms with Gasteiger partial charge in [-0.05, 0) is 19.1 Å². The van der Waals surface area contributed by atoms with Crippen LogP contribution >= 0.6 is 11.6 Å². The van der Waals surface area contributed by atoms with Crippen LogP contribution in [0, 0.1) is 0 Å². The molecule has 0 saturated carbocycles. The van der Waals surface area contributed by atoms with E-state index in [1.165, 1.54) is 0 Å². The molecule has 2 rings (SSSR count). The molecule has 1 aromatic carbocycles. The normalized spacial score (nSPS) is 12.1. The number of anilines is 3. The molecule has 0 bridgehead atoms. The second-order valence-corrected chi connectivity index (χ2v) is 4.14. The van der Waals surface area contributed by atoms with Gasteiger partial charge in [0.25, 0.3) is 0 Å². The SMILES string of the molecule is C[C@@H](Cl)c1nc(N)nc(Nc2ccccc2)n1. The van der Waals surface area contributed by atoms with Gasteiger partial charge in [0, 0.05) is 5.69 Å². The number of aromatic nitrogens is 3. The minimum Gasteiger partial charge on any atom is -0.368 e. The van der Waals surface area contributed by atoms with E-state index in [-0.39, 0.29) is 11.3 Å². The van der Waals surface area contributed by atoms with Crippen molar-refractivity contribution in [1.82, 2.24) is 15.0 Å². The third-order valence-corrected chi connectivity index (χ3v) is 2.25. The first-order valence-corrected chi connectivity index (χ1v) is 5.56. The van der Waals surface area contributed by atoms with Gasteiger partial charge in [-0.1, -0.05) is 18.2 Å². The highest BCUT2D eigenvalue weighted by atomic mass is 35.5. The number of nitrogens with zero attached hydrogens (tertiary/aromatic N) is 3. The number of halogens is 1. The lowest BCUT2D eigenvalue weighted by Crippen LogP contribution is -2.07. The number of alkyl halides is 1. The summed E-state index contributed by atoms with van der Waals surface area (Å²) in [6.45, 7) is 1.78. The molecule has 6 heteroatoms. The molecule has 0 aliphatic carbocycles. The summed E-state index contributed by atoms with van der Waals surface area (Å²) in [7, 11) is 0. The summed E-state index contributed by atoms with van der Waals surface area (Å²) < 4.78 is 0. The number of nitrogen functional groups attached to an aromatic ring is 1. The number of hydrogen-bond donors (Lipinski definition) is 2. The van der Waals surface area contributed by atoms with E-state index in [4.69, 9.17) is 17.3 Å². The van der Waals surface area contributed by atoms with Crippen molar-refractivity contribution in [2.75, 3.05) is 11.1 Å². The van der Waals surface area contributed by atoms with Crippen molar-refractivity contribution in [3.8, 4) is 0 Å². The zero-order valence-corrected chi connectivity index (χ0v) is 10.0. The molecule has 5 nitrogen and oxygen atoms in total. The average Bonchev–Trinajstić information content (AvgIpc) is 2.29. The Morgan fingerprint density at radius 1 is 1.18 bits per heavy atom. The molecule has 1 heterocycles. The third-order valence-electron chi connectivity index (χ3n) is 2.06. The van der Waals surface area contributed by atoms with Gasteiger partial charge >= 0.3 is 0 Å². The van der Waals surface area contributed by atoms with Gasteiger partial charge in [-0.2, -0.15) is 15.0 Å². The molecule has 0 radical (unpaired) electrons. The van der Waals surface area contributed by atoms with E-state index in [1.54, 1.807) is 6.92 Å². The molecule has 1 atom stereocenters. The highest BCUT2D eigenvalue weighted by molar-refractivity contribution is 6.20. The van der Waals surface area contributed by atoms with Crippen LogP contribution in [0.4, 0.5) is 17.6 Å². The minimum absolute atomic E-state index is 0.154. The zero-order chi connectivity index (χ0) is 12.3. The molecule has 3 N–H and O–H groups in total. The third kappa shape index (κ3) is 3.04. The van der Waals surface area contributed by atoms with Crippen LogP contribution in [0.3, 0.4) is 0 Å². The number of nitrogens with two attached hydrogens (primary N) is 1. The zero-order valence-electron chi connectivity index (χ0n) is 9.26. The van der Waals surface area contributed by atoms with Crippen molar-refractivity contribution >= 4 is 29.2 Å². The Balaban J connectivity index is 2.27. The van der Waals surface area contributed by atoms with E-state index in [2.05, 4.69) is 20.3 Å². The van der Waals surface area contributed by atoms with E-state index >= 15 is 0 Å². The molecule has 0 saturated heterocycles. The van der Waals surface area contributed by atoms with Gasteiger partial charge in [-0.25, -0.2) is 0 Å². The lowest BCUT2D eigenvalue weighted by atomic mass is 10.3. The quantitative estimate of drug-likeness (QED) is 0.818. The first-order valence-electron chi connectivity index (χ1n) is 5.13. The summed E-state index contributed by atoms with van der Waals surface area (Å²) in [4.78, 5) is 12.1. The minimum atomic E-state index is -0.309. The topological polar surface area (TPSA) is 76.7 Å². The van der Waals surface area contributed by atoms with Crippen LogP contribution in [0.1, 0.15) is 18.1 Å². The van der Waals surface area contributed by atoms with Crippen molar-refractivity contribution < 1.29 is 0 Å². The first kappa shape index (κ1) is 11.6. The largest absolute Gasteiger partial charge is 0.368 e. The summed E-state index contributed by atoms with van der Waals surface area (Å²) in [6, 6.07) is 9.57. The number of benzene rings is 1. The second-order valence-electron chi connectivity index (χ2n) is 3.48. The van der Waals surface area contributed by atoms with Crippen LogP contribution in [-0.2, 0) is 0 Å². The van der Waals surface area contributed by atoms with E-state index in [0.717, 1.165) is 5.69 Å². The Morgan fingerprint density at radius 2 is 1.88 bits per heavy atom. The van der Waals surface area contributed by atoms with Crippen LogP contribution in [0.2, 0.25) is 0 Å². The van der Waals surface area contributed by atoms with Crippen LogP contribution in [0.15, 0.2) is 30.3 Å². The molecule has 0 aliphatic rings. The monoisotopic (exact) mass is 249 g/mol. The Bertz CT molecular complexity index is 500.